The van der Waals surface area contributed by atoms with Gasteiger partial charge in [-0.3, -0.25) is 4.79 Å². The van der Waals surface area contributed by atoms with Crippen molar-refractivity contribution in [2.45, 2.75) is 64.5 Å². The van der Waals surface area contributed by atoms with Crippen LogP contribution in [0.3, 0.4) is 0 Å². The van der Waals surface area contributed by atoms with E-state index in [9.17, 15) is 9.90 Å². The van der Waals surface area contributed by atoms with Gasteiger partial charge in [0.05, 0.1) is 17.7 Å². The first-order valence-corrected chi connectivity index (χ1v) is 7.04. The maximum atomic E-state index is 12.3. The average molecular weight is 256 g/mol. The fourth-order valence-corrected chi connectivity index (χ4v) is 2.56. The first-order chi connectivity index (χ1) is 8.35. The van der Waals surface area contributed by atoms with Gasteiger partial charge in [0.1, 0.15) is 0 Å². The van der Waals surface area contributed by atoms with E-state index in [1.807, 2.05) is 20.8 Å². The lowest BCUT2D eigenvalue weighted by molar-refractivity contribution is -0.129. The first-order valence-electron chi connectivity index (χ1n) is 7.04. The van der Waals surface area contributed by atoms with Gasteiger partial charge in [0.2, 0.25) is 5.91 Å². The molecule has 0 aromatic heterocycles. The minimum Gasteiger partial charge on any atom is -0.394 e. The van der Waals surface area contributed by atoms with Gasteiger partial charge in [-0.1, -0.05) is 13.8 Å². The molecule has 1 aliphatic carbocycles. The molecule has 0 bridgehead atoms. The van der Waals surface area contributed by atoms with Crippen LogP contribution in [-0.2, 0) is 4.79 Å². The van der Waals surface area contributed by atoms with Crippen molar-refractivity contribution >= 4 is 5.91 Å². The number of aliphatic hydroxyl groups is 1. The van der Waals surface area contributed by atoms with Crippen molar-refractivity contribution in [2.75, 3.05) is 13.2 Å². The van der Waals surface area contributed by atoms with Crippen LogP contribution in [0.2, 0.25) is 0 Å². The molecular formula is C14H28N2O2. The zero-order valence-corrected chi connectivity index (χ0v) is 12.2. The van der Waals surface area contributed by atoms with Crippen molar-refractivity contribution in [3.8, 4) is 0 Å². The fraction of sp³-hybridized carbons (Fsp3) is 0.929. The van der Waals surface area contributed by atoms with Gasteiger partial charge in [-0.2, -0.15) is 0 Å². The quantitative estimate of drug-likeness (QED) is 0.697. The molecular weight excluding hydrogens is 228 g/mol. The number of likely N-dealkylation sites (N-methyl/N-ethyl adjacent to an activating group) is 1. The molecule has 0 atom stereocenters. The Labute approximate surface area is 111 Å². The second-order valence-electron chi connectivity index (χ2n) is 6.23. The molecule has 1 aliphatic rings. The summed E-state index contributed by atoms with van der Waals surface area (Å²) < 4.78 is 0. The molecule has 0 heterocycles. The number of rotatable bonds is 5. The standard InChI is InChI=1S/C14H28N2O2/c1-5-15-13(3,4)12(18)16-14(10-17)8-6-11(2)7-9-14/h11,15,17H,5-10H2,1-4H3,(H,16,18). The monoisotopic (exact) mass is 256 g/mol. The van der Waals surface area contributed by atoms with E-state index in [1.165, 1.54) is 0 Å². The van der Waals surface area contributed by atoms with Crippen molar-refractivity contribution in [1.29, 1.82) is 0 Å². The van der Waals surface area contributed by atoms with Crippen LogP contribution in [-0.4, -0.2) is 35.2 Å². The highest BCUT2D eigenvalue weighted by molar-refractivity contribution is 5.86. The second-order valence-corrected chi connectivity index (χ2v) is 6.23. The van der Waals surface area contributed by atoms with Gasteiger partial charge in [0.15, 0.2) is 0 Å². The minimum absolute atomic E-state index is 0.0204. The Morgan fingerprint density at radius 3 is 2.39 bits per heavy atom. The molecule has 18 heavy (non-hydrogen) atoms. The average Bonchev–Trinajstić information content (AvgIpc) is 2.32. The van der Waals surface area contributed by atoms with Crippen LogP contribution in [0.25, 0.3) is 0 Å². The number of hydrogen-bond acceptors (Lipinski definition) is 3. The van der Waals surface area contributed by atoms with Crippen LogP contribution in [0.15, 0.2) is 0 Å². The summed E-state index contributed by atoms with van der Waals surface area (Å²) in [5, 5.41) is 15.9. The van der Waals surface area contributed by atoms with Gasteiger partial charge >= 0.3 is 0 Å². The zero-order chi connectivity index (χ0) is 13.8. The van der Waals surface area contributed by atoms with E-state index in [2.05, 4.69) is 17.6 Å². The Morgan fingerprint density at radius 1 is 1.39 bits per heavy atom. The molecule has 4 nitrogen and oxygen atoms in total. The Balaban J connectivity index is 2.66. The molecule has 0 spiro atoms. The van der Waals surface area contributed by atoms with E-state index in [0.717, 1.165) is 32.2 Å². The molecule has 106 valence electrons. The molecule has 1 amide bonds. The maximum absolute atomic E-state index is 12.3. The highest BCUT2D eigenvalue weighted by Gasteiger charge is 2.38. The number of hydrogen-bond donors (Lipinski definition) is 3. The third kappa shape index (κ3) is 3.69. The topological polar surface area (TPSA) is 61.4 Å². The predicted octanol–water partition coefficient (Wildman–Crippen LogP) is 1.43. The van der Waals surface area contributed by atoms with Crippen LogP contribution in [0.5, 0.6) is 0 Å². The number of amides is 1. The maximum Gasteiger partial charge on any atom is 0.240 e. The summed E-state index contributed by atoms with van der Waals surface area (Å²) >= 11 is 0. The summed E-state index contributed by atoms with van der Waals surface area (Å²) in [7, 11) is 0. The lowest BCUT2D eigenvalue weighted by atomic mass is 9.77. The Kier molecular flexibility index (Phi) is 5.17. The molecule has 0 aromatic carbocycles. The van der Waals surface area contributed by atoms with E-state index >= 15 is 0 Å². The highest BCUT2D eigenvalue weighted by Crippen LogP contribution is 2.31. The predicted molar refractivity (Wildman–Crippen MR) is 73.3 cm³/mol. The van der Waals surface area contributed by atoms with E-state index in [0.29, 0.717) is 5.92 Å². The fourth-order valence-electron chi connectivity index (χ4n) is 2.56. The lowest BCUT2D eigenvalue weighted by Gasteiger charge is -2.41. The molecule has 0 unspecified atom stereocenters. The smallest absolute Gasteiger partial charge is 0.240 e. The van der Waals surface area contributed by atoms with Crippen molar-refractivity contribution in [3.05, 3.63) is 0 Å². The number of carbonyl (C=O) groups is 1. The molecule has 4 heteroatoms. The van der Waals surface area contributed by atoms with Crippen molar-refractivity contribution in [2.24, 2.45) is 5.92 Å². The van der Waals surface area contributed by atoms with Gasteiger partial charge in [0.25, 0.3) is 0 Å². The third-order valence-electron chi connectivity index (χ3n) is 4.10. The van der Waals surface area contributed by atoms with Crippen molar-refractivity contribution in [3.63, 3.8) is 0 Å². The van der Waals surface area contributed by atoms with Gasteiger partial charge in [-0.25, -0.2) is 0 Å². The Morgan fingerprint density at radius 2 is 1.94 bits per heavy atom. The summed E-state index contributed by atoms with van der Waals surface area (Å²) in [6.07, 6.45) is 3.89. The van der Waals surface area contributed by atoms with Gasteiger partial charge in [-0.15, -0.1) is 0 Å². The Bertz CT molecular complexity index is 282. The highest BCUT2D eigenvalue weighted by atomic mass is 16.3. The summed E-state index contributed by atoms with van der Waals surface area (Å²) in [6.45, 7) is 8.76. The van der Waals surface area contributed by atoms with Gasteiger partial charge in [0, 0.05) is 0 Å². The molecule has 1 fully saturated rings. The normalized spacial score (nSPS) is 29.1. The first kappa shape index (κ1) is 15.4. The molecule has 0 aromatic rings. The number of carbonyl (C=O) groups excluding carboxylic acids is 1. The third-order valence-corrected chi connectivity index (χ3v) is 4.10. The van der Waals surface area contributed by atoms with E-state index in [1.54, 1.807) is 0 Å². The Hall–Kier alpha value is -0.610. The molecule has 1 saturated carbocycles. The van der Waals surface area contributed by atoms with E-state index < -0.39 is 11.1 Å². The SMILES string of the molecule is CCNC(C)(C)C(=O)NC1(CO)CCC(C)CC1. The van der Waals surface area contributed by atoms with Crippen LogP contribution >= 0.6 is 0 Å². The largest absolute Gasteiger partial charge is 0.394 e. The van der Waals surface area contributed by atoms with E-state index in [-0.39, 0.29) is 12.5 Å². The molecule has 0 aliphatic heterocycles. The molecule has 3 N–H and O–H groups in total. The van der Waals surface area contributed by atoms with Crippen molar-refractivity contribution < 1.29 is 9.90 Å². The zero-order valence-electron chi connectivity index (χ0n) is 12.2. The summed E-state index contributed by atoms with van der Waals surface area (Å²) in [4.78, 5) is 12.3. The summed E-state index contributed by atoms with van der Waals surface area (Å²) in [5.74, 6) is 0.677. The summed E-state index contributed by atoms with van der Waals surface area (Å²) in [5.41, 5.74) is -0.990. The van der Waals surface area contributed by atoms with Crippen molar-refractivity contribution in [1.82, 2.24) is 10.6 Å². The minimum atomic E-state index is -0.583. The van der Waals surface area contributed by atoms with Crippen LogP contribution in [0.1, 0.15) is 53.4 Å². The summed E-state index contributed by atoms with van der Waals surface area (Å²) in [6, 6.07) is 0. The number of aliphatic hydroxyl groups excluding tert-OH is 1. The lowest BCUT2D eigenvalue weighted by Crippen LogP contribution is -2.61. The van der Waals surface area contributed by atoms with Gasteiger partial charge < -0.3 is 15.7 Å². The second kappa shape index (κ2) is 6.02. The van der Waals surface area contributed by atoms with Crippen LogP contribution < -0.4 is 10.6 Å². The molecule has 0 radical (unpaired) electrons. The molecule has 0 saturated heterocycles. The van der Waals surface area contributed by atoms with E-state index in [4.69, 9.17) is 0 Å². The molecule has 1 rings (SSSR count). The van der Waals surface area contributed by atoms with Gasteiger partial charge in [-0.05, 0) is 52.0 Å². The van der Waals surface area contributed by atoms with Crippen LogP contribution in [0.4, 0.5) is 0 Å². The van der Waals surface area contributed by atoms with Crippen LogP contribution in [0, 0.1) is 5.92 Å². The number of nitrogens with one attached hydrogen (secondary N) is 2.